The van der Waals surface area contributed by atoms with Crippen LogP contribution < -0.4 is 9.47 Å². The average molecular weight is 388 g/mol. The van der Waals surface area contributed by atoms with E-state index in [-0.39, 0.29) is 0 Å². The molecule has 0 spiro atoms. The van der Waals surface area contributed by atoms with Gasteiger partial charge in [0.25, 0.3) is 0 Å². The molecule has 28 heavy (non-hydrogen) atoms. The van der Waals surface area contributed by atoms with Crippen LogP contribution in [0.3, 0.4) is 0 Å². The summed E-state index contributed by atoms with van der Waals surface area (Å²) in [5.41, 5.74) is 2.79. The van der Waals surface area contributed by atoms with Crippen molar-refractivity contribution < 1.29 is 9.47 Å². The maximum Gasteiger partial charge on any atom is 0.161 e. The van der Waals surface area contributed by atoms with E-state index in [1.807, 2.05) is 0 Å². The Kier molecular flexibility index (Phi) is 6.14. The zero-order valence-electron chi connectivity index (χ0n) is 18.1. The SMILES string of the molecule is COc1cc2c(cc1OC)CN(C)C(C1CN(C3CCCCC3)CCN1C)C2. The largest absolute Gasteiger partial charge is 0.493 e. The van der Waals surface area contributed by atoms with E-state index >= 15 is 0 Å². The highest BCUT2D eigenvalue weighted by Gasteiger charge is 2.38. The molecule has 3 aliphatic rings. The lowest BCUT2D eigenvalue weighted by Gasteiger charge is -2.49. The molecule has 5 nitrogen and oxygen atoms in total. The molecular formula is C23H37N3O2. The molecule has 1 aromatic rings. The highest BCUT2D eigenvalue weighted by molar-refractivity contribution is 5.48. The fraction of sp³-hybridized carbons (Fsp3) is 0.739. The second-order valence-corrected chi connectivity index (χ2v) is 9.00. The summed E-state index contributed by atoms with van der Waals surface area (Å²) in [6.07, 6.45) is 8.15. The van der Waals surface area contributed by atoms with Crippen LogP contribution >= 0.6 is 0 Å². The van der Waals surface area contributed by atoms with Crippen molar-refractivity contribution in [3.8, 4) is 11.5 Å². The quantitative estimate of drug-likeness (QED) is 0.792. The highest BCUT2D eigenvalue weighted by Crippen LogP contribution is 2.36. The second kappa shape index (κ2) is 8.60. The Morgan fingerprint density at radius 2 is 1.50 bits per heavy atom. The van der Waals surface area contributed by atoms with E-state index in [0.29, 0.717) is 12.1 Å². The lowest BCUT2D eigenvalue weighted by molar-refractivity contribution is 0.00635. The van der Waals surface area contributed by atoms with Crippen molar-refractivity contribution in [1.82, 2.24) is 14.7 Å². The summed E-state index contributed by atoms with van der Waals surface area (Å²) in [6, 6.07) is 6.31. The second-order valence-electron chi connectivity index (χ2n) is 9.00. The van der Waals surface area contributed by atoms with Crippen molar-refractivity contribution in [2.24, 2.45) is 0 Å². The Hall–Kier alpha value is -1.30. The number of rotatable bonds is 4. The molecule has 2 unspecified atom stereocenters. The molecule has 2 atom stereocenters. The number of nitrogens with zero attached hydrogens (tertiary/aromatic N) is 3. The van der Waals surface area contributed by atoms with Crippen molar-refractivity contribution in [2.45, 2.75) is 63.2 Å². The van der Waals surface area contributed by atoms with Crippen molar-refractivity contribution in [3.05, 3.63) is 23.3 Å². The number of benzene rings is 1. The first-order valence-electron chi connectivity index (χ1n) is 11.0. The predicted molar refractivity (Wildman–Crippen MR) is 113 cm³/mol. The van der Waals surface area contributed by atoms with Gasteiger partial charge in [0.15, 0.2) is 11.5 Å². The van der Waals surface area contributed by atoms with E-state index < -0.39 is 0 Å². The minimum absolute atomic E-state index is 0.544. The Morgan fingerprint density at radius 1 is 0.821 bits per heavy atom. The van der Waals surface area contributed by atoms with Crippen molar-refractivity contribution in [3.63, 3.8) is 0 Å². The molecule has 0 N–H and O–H groups in total. The summed E-state index contributed by atoms with van der Waals surface area (Å²) < 4.78 is 11.1. The third kappa shape index (κ3) is 3.89. The van der Waals surface area contributed by atoms with Gasteiger partial charge in [0, 0.05) is 44.3 Å². The van der Waals surface area contributed by atoms with Gasteiger partial charge in [-0.25, -0.2) is 0 Å². The Morgan fingerprint density at radius 3 is 2.18 bits per heavy atom. The van der Waals surface area contributed by atoms with Gasteiger partial charge in [0.1, 0.15) is 0 Å². The molecule has 1 saturated carbocycles. The number of hydrogen-bond acceptors (Lipinski definition) is 5. The van der Waals surface area contributed by atoms with Gasteiger partial charge in [0.2, 0.25) is 0 Å². The molecule has 1 aromatic carbocycles. The van der Waals surface area contributed by atoms with Gasteiger partial charge in [-0.15, -0.1) is 0 Å². The summed E-state index contributed by atoms with van der Waals surface area (Å²) in [4.78, 5) is 7.97. The van der Waals surface area contributed by atoms with Crippen LogP contribution in [-0.2, 0) is 13.0 Å². The van der Waals surface area contributed by atoms with E-state index in [2.05, 4.69) is 40.9 Å². The van der Waals surface area contributed by atoms with Crippen molar-refractivity contribution in [2.75, 3.05) is 47.9 Å². The van der Waals surface area contributed by atoms with Crippen LogP contribution in [-0.4, -0.2) is 80.8 Å². The van der Waals surface area contributed by atoms with Gasteiger partial charge in [-0.3, -0.25) is 14.7 Å². The number of ether oxygens (including phenoxy) is 2. The normalized spacial score (nSPS) is 28.1. The molecule has 0 bridgehead atoms. The molecule has 0 aromatic heterocycles. The van der Waals surface area contributed by atoms with Crippen LogP contribution in [0.15, 0.2) is 12.1 Å². The lowest BCUT2D eigenvalue weighted by Crippen LogP contribution is -2.62. The molecule has 1 saturated heterocycles. The first-order valence-corrected chi connectivity index (χ1v) is 11.0. The zero-order valence-corrected chi connectivity index (χ0v) is 18.1. The van der Waals surface area contributed by atoms with Gasteiger partial charge >= 0.3 is 0 Å². The standard InChI is InChI=1S/C23H37N3O2/c1-24-10-11-26(19-8-6-5-7-9-19)16-21(24)20-12-17-13-22(27-3)23(28-4)14-18(17)15-25(20)2/h13-14,19-21H,5-12,15-16H2,1-4H3. The molecular weight excluding hydrogens is 350 g/mol. The number of fused-ring (bicyclic) bond motifs is 1. The molecule has 1 aliphatic carbocycles. The summed E-state index contributed by atoms with van der Waals surface area (Å²) in [5, 5.41) is 0. The summed E-state index contributed by atoms with van der Waals surface area (Å²) >= 11 is 0. The monoisotopic (exact) mass is 387 g/mol. The molecule has 0 amide bonds. The zero-order chi connectivity index (χ0) is 19.7. The van der Waals surface area contributed by atoms with Crippen LogP contribution in [0.5, 0.6) is 11.5 Å². The minimum Gasteiger partial charge on any atom is -0.493 e. The third-order valence-electron chi connectivity index (χ3n) is 7.38. The Balaban J connectivity index is 1.53. The van der Waals surface area contributed by atoms with Gasteiger partial charge in [-0.2, -0.15) is 0 Å². The summed E-state index contributed by atoms with van der Waals surface area (Å²) in [6.45, 7) is 4.60. The smallest absolute Gasteiger partial charge is 0.161 e. The van der Waals surface area contributed by atoms with E-state index in [9.17, 15) is 0 Å². The molecule has 4 rings (SSSR count). The van der Waals surface area contributed by atoms with Gasteiger partial charge in [-0.05, 0) is 56.6 Å². The summed E-state index contributed by atoms with van der Waals surface area (Å²) in [7, 11) is 8.06. The number of hydrogen-bond donors (Lipinski definition) is 0. The molecule has 2 fully saturated rings. The third-order valence-corrected chi connectivity index (χ3v) is 7.38. The van der Waals surface area contributed by atoms with E-state index in [4.69, 9.17) is 9.47 Å². The van der Waals surface area contributed by atoms with Crippen LogP contribution in [0.1, 0.15) is 43.2 Å². The number of methoxy groups -OCH3 is 2. The van der Waals surface area contributed by atoms with Crippen LogP contribution in [0, 0.1) is 0 Å². The van der Waals surface area contributed by atoms with Gasteiger partial charge < -0.3 is 9.47 Å². The maximum absolute atomic E-state index is 5.57. The van der Waals surface area contributed by atoms with Crippen molar-refractivity contribution in [1.29, 1.82) is 0 Å². The molecule has 2 heterocycles. The lowest BCUT2D eigenvalue weighted by atomic mass is 9.87. The maximum atomic E-state index is 5.57. The average Bonchev–Trinajstić information content (AvgIpc) is 2.73. The molecule has 0 radical (unpaired) electrons. The minimum atomic E-state index is 0.544. The first-order chi connectivity index (χ1) is 13.6. The predicted octanol–water partition coefficient (Wildman–Crippen LogP) is 3.01. The van der Waals surface area contributed by atoms with Crippen LogP contribution in [0.4, 0.5) is 0 Å². The Labute approximate surface area is 170 Å². The fourth-order valence-corrected chi connectivity index (χ4v) is 5.61. The topological polar surface area (TPSA) is 28.2 Å². The van der Waals surface area contributed by atoms with E-state index in [0.717, 1.165) is 30.5 Å². The van der Waals surface area contributed by atoms with Gasteiger partial charge in [0.05, 0.1) is 14.2 Å². The molecule has 5 heteroatoms. The van der Waals surface area contributed by atoms with Gasteiger partial charge in [-0.1, -0.05) is 19.3 Å². The van der Waals surface area contributed by atoms with Crippen LogP contribution in [0.25, 0.3) is 0 Å². The first kappa shape index (κ1) is 20.0. The molecule has 156 valence electrons. The van der Waals surface area contributed by atoms with E-state index in [1.54, 1.807) is 14.2 Å². The number of likely N-dealkylation sites (N-methyl/N-ethyl adjacent to an activating group) is 2. The van der Waals surface area contributed by atoms with Crippen LogP contribution in [0.2, 0.25) is 0 Å². The Bertz CT molecular complexity index is 674. The van der Waals surface area contributed by atoms with E-state index in [1.165, 1.54) is 62.9 Å². The molecule has 2 aliphatic heterocycles. The fourth-order valence-electron chi connectivity index (χ4n) is 5.61. The van der Waals surface area contributed by atoms with Crippen molar-refractivity contribution >= 4 is 0 Å². The highest BCUT2D eigenvalue weighted by atomic mass is 16.5. The summed E-state index contributed by atoms with van der Waals surface area (Å²) in [5.74, 6) is 1.69. The number of piperazine rings is 1.